The zero-order chi connectivity index (χ0) is 24.5. The van der Waals surface area contributed by atoms with Crippen LogP contribution in [0.15, 0.2) is 72.8 Å². The molecule has 0 bridgehead atoms. The number of H-pyrrole nitrogens is 1. The maximum atomic E-state index is 5.03. The topological polar surface area (TPSA) is 35.2 Å². The third kappa shape index (κ3) is 4.89. The van der Waals surface area contributed by atoms with Gasteiger partial charge in [0.2, 0.25) is 0 Å². The lowest BCUT2D eigenvalue weighted by Crippen LogP contribution is -2.53. The number of nitrogens with zero attached hydrogens (tertiary/aromatic N) is 3. The molecular formula is C31H36N4. The first-order valence-electron chi connectivity index (χ1n) is 12.7. The summed E-state index contributed by atoms with van der Waals surface area (Å²) in [6.45, 7) is 13.9. The predicted octanol–water partition coefficient (Wildman–Crippen LogP) is 6.61. The minimum atomic E-state index is 0.246. The van der Waals surface area contributed by atoms with Crippen molar-refractivity contribution >= 4 is 5.82 Å². The molecule has 1 aliphatic heterocycles. The van der Waals surface area contributed by atoms with E-state index in [4.69, 9.17) is 4.98 Å². The summed E-state index contributed by atoms with van der Waals surface area (Å²) < 4.78 is 0. The van der Waals surface area contributed by atoms with E-state index < -0.39 is 0 Å². The van der Waals surface area contributed by atoms with Crippen molar-refractivity contribution in [1.29, 1.82) is 0 Å². The number of anilines is 1. The Bertz CT molecular complexity index is 1260. The first kappa shape index (κ1) is 23.4. The minimum Gasteiger partial charge on any atom is -0.352 e. The lowest BCUT2D eigenvalue weighted by molar-refractivity contribution is 0.149. The van der Waals surface area contributed by atoms with Crippen LogP contribution >= 0.6 is 0 Å². The van der Waals surface area contributed by atoms with Crippen LogP contribution in [-0.2, 0) is 0 Å². The van der Waals surface area contributed by atoms with Crippen molar-refractivity contribution < 1.29 is 0 Å². The molecule has 2 heterocycles. The van der Waals surface area contributed by atoms with Gasteiger partial charge < -0.3 is 9.88 Å². The lowest BCUT2D eigenvalue weighted by atomic mass is 9.93. The Morgan fingerprint density at radius 2 is 1.43 bits per heavy atom. The molecule has 0 saturated carbocycles. The van der Waals surface area contributed by atoms with Gasteiger partial charge in [0.25, 0.3) is 0 Å². The molecule has 3 aromatic carbocycles. The second-order valence-corrected chi connectivity index (χ2v) is 10.2. The van der Waals surface area contributed by atoms with Crippen molar-refractivity contribution in [3.63, 3.8) is 0 Å². The van der Waals surface area contributed by atoms with E-state index in [1.54, 1.807) is 0 Å². The molecule has 0 spiro atoms. The van der Waals surface area contributed by atoms with Crippen LogP contribution in [0.2, 0.25) is 0 Å². The zero-order valence-corrected chi connectivity index (χ0v) is 21.5. The van der Waals surface area contributed by atoms with Gasteiger partial charge in [0.05, 0.1) is 11.7 Å². The average molecular weight is 465 g/mol. The van der Waals surface area contributed by atoms with E-state index in [9.17, 15) is 0 Å². The molecule has 4 heteroatoms. The van der Waals surface area contributed by atoms with Gasteiger partial charge in [-0.2, -0.15) is 0 Å². The van der Waals surface area contributed by atoms with Gasteiger partial charge in [-0.25, -0.2) is 4.98 Å². The van der Waals surface area contributed by atoms with Gasteiger partial charge in [-0.15, -0.1) is 0 Å². The molecule has 5 rings (SSSR count). The van der Waals surface area contributed by atoms with Gasteiger partial charge >= 0.3 is 0 Å². The van der Waals surface area contributed by atoms with E-state index in [0.717, 1.165) is 42.5 Å². The third-order valence-electron chi connectivity index (χ3n) is 7.21. The van der Waals surface area contributed by atoms with E-state index in [-0.39, 0.29) is 6.04 Å². The Labute approximate surface area is 209 Å². The molecule has 180 valence electrons. The quantitative estimate of drug-likeness (QED) is 0.361. The number of hydrogen-bond donors (Lipinski definition) is 1. The number of benzene rings is 3. The van der Waals surface area contributed by atoms with Crippen LogP contribution in [0.25, 0.3) is 11.4 Å². The highest BCUT2D eigenvalue weighted by atomic mass is 15.3. The standard InChI is InChI=1S/C31H36N4/c1-21-12-14-26(15-13-21)30-32-25(5)31(33-30)34-16-17-35(24(4)20-34)29(27-10-6-8-22(2)18-27)28-11-7-9-23(3)19-28/h6-15,18-19,24,29H,16-17,20H2,1-5H3,(H,32,33). The number of piperazine rings is 1. The van der Waals surface area contributed by atoms with Crippen molar-refractivity contribution in [3.8, 4) is 11.4 Å². The summed E-state index contributed by atoms with van der Waals surface area (Å²) in [7, 11) is 0. The lowest BCUT2D eigenvalue weighted by Gasteiger charge is -2.44. The summed E-state index contributed by atoms with van der Waals surface area (Å²) in [5, 5.41) is 0. The van der Waals surface area contributed by atoms with Crippen molar-refractivity contribution in [2.24, 2.45) is 0 Å². The average Bonchev–Trinajstić information content (AvgIpc) is 3.22. The fraction of sp³-hybridized carbons (Fsp3) is 0.323. The van der Waals surface area contributed by atoms with Gasteiger partial charge in [0.15, 0.2) is 0 Å². The Kier molecular flexibility index (Phi) is 6.48. The second kappa shape index (κ2) is 9.71. The second-order valence-electron chi connectivity index (χ2n) is 10.2. The molecule has 1 atom stereocenters. The fourth-order valence-electron chi connectivity index (χ4n) is 5.41. The van der Waals surface area contributed by atoms with Crippen LogP contribution in [0.4, 0.5) is 5.82 Å². The molecule has 35 heavy (non-hydrogen) atoms. The highest BCUT2D eigenvalue weighted by molar-refractivity contribution is 5.61. The summed E-state index contributed by atoms with van der Waals surface area (Å²) in [5.41, 5.74) is 8.89. The predicted molar refractivity (Wildman–Crippen MR) is 146 cm³/mol. The number of hydrogen-bond acceptors (Lipinski definition) is 3. The maximum Gasteiger partial charge on any atom is 0.150 e. The van der Waals surface area contributed by atoms with Crippen molar-refractivity contribution in [2.45, 2.75) is 46.7 Å². The van der Waals surface area contributed by atoms with Crippen LogP contribution in [-0.4, -0.2) is 40.5 Å². The highest BCUT2D eigenvalue weighted by Gasteiger charge is 2.32. The van der Waals surface area contributed by atoms with Crippen LogP contribution in [0.5, 0.6) is 0 Å². The fourth-order valence-corrected chi connectivity index (χ4v) is 5.41. The van der Waals surface area contributed by atoms with Crippen molar-refractivity contribution in [1.82, 2.24) is 14.9 Å². The first-order chi connectivity index (χ1) is 16.9. The van der Waals surface area contributed by atoms with Crippen LogP contribution in [0.1, 0.15) is 46.5 Å². The molecule has 1 saturated heterocycles. The van der Waals surface area contributed by atoms with Gasteiger partial charge in [0, 0.05) is 31.2 Å². The summed E-state index contributed by atoms with van der Waals surface area (Å²) >= 11 is 0. The maximum absolute atomic E-state index is 5.03. The number of rotatable bonds is 5. The Morgan fingerprint density at radius 3 is 2.00 bits per heavy atom. The molecule has 1 fully saturated rings. The number of nitrogens with one attached hydrogen (secondary N) is 1. The number of aromatic nitrogens is 2. The normalized spacial score (nSPS) is 16.7. The summed E-state index contributed by atoms with van der Waals surface area (Å²) in [6.07, 6.45) is 0. The highest BCUT2D eigenvalue weighted by Crippen LogP contribution is 2.34. The van der Waals surface area contributed by atoms with E-state index in [1.165, 1.54) is 27.8 Å². The minimum absolute atomic E-state index is 0.246. The number of aromatic amines is 1. The first-order valence-corrected chi connectivity index (χ1v) is 12.7. The van der Waals surface area contributed by atoms with Gasteiger partial charge in [-0.1, -0.05) is 89.5 Å². The molecule has 1 aromatic heterocycles. The molecule has 1 N–H and O–H groups in total. The number of aryl methyl sites for hydroxylation is 4. The summed E-state index contributed by atoms with van der Waals surface area (Å²) in [4.78, 5) is 13.7. The van der Waals surface area contributed by atoms with E-state index in [1.807, 2.05) is 0 Å². The molecule has 4 aromatic rings. The molecular weight excluding hydrogens is 428 g/mol. The molecule has 0 aliphatic carbocycles. The van der Waals surface area contributed by atoms with Crippen LogP contribution in [0, 0.1) is 27.7 Å². The molecule has 4 nitrogen and oxygen atoms in total. The van der Waals surface area contributed by atoms with Crippen LogP contribution < -0.4 is 4.90 Å². The van der Waals surface area contributed by atoms with E-state index >= 15 is 0 Å². The largest absolute Gasteiger partial charge is 0.352 e. The number of imidazole rings is 1. The molecule has 0 amide bonds. The monoisotopic (exact) mass is 464 g/mol. The van der Waals surface area contributed by atoms with E-state index in [0.29, 0.717) is 6.04 Å². The molecule has 1 unspecified atom stereocenters. The summed E-state index contributed by atoms with van der Waals surface area (Å²) in [6, 6.07) is 27.2. The van der Waals surface area contributed by atoms with Gasteiger partial charge in [-0.3, -0.25) is 4.90 Å². The van der Waals surface area contributed by atoms with Gasteiger partial charge in [0.1, 0.15) is 11.6 Å². The SMILES string of the molecule is Cc1ccc(-c2nc(N3CCN(C(c4cccc(C)c4)c4cccc(C)c4)C(C)C3)c(C)[nH]2)cc1. The smallest absolute Gasteiger partial charge is 0.150 e. The third-order valence-corrected chi connectivity index (χ3v) is 7.21. The van der Waals surface area contributed by atoms with Crippen LogP contribution in [0.3, 0.4) is 0 Å². The molecule has 1 aliphatic rings. The van der Waals surface area contributed by atoms with E-state index in [2.05, 4.69) is 122 Å². The Morgan fingerprint density at radius 1 is 0.800 bits per heavy atom. The van der Waals surface area contributed by atoms with Crippen molar-refractivity contribution in [3.05, 3.63) is 106 Å². The molecule has 0 radical (unpaired) electrons. The summed E-state index contributed by atoms with van der Waals surface area (Å²) in [5.74, 6) is 2.03. The Hall–Kier alpha value is -3.37. The Balaban J connectivity index is 1.41. The van der Waals surface area contributed by atoms with Crippen molar-refractivity contribution in [2.75, 3.05) is 24.5 Å². The van der Waals surface area contributed by atoms with Gasteiger partial charge in [-0.05, 0) is 45.7 Å². The zero-order valence-electron chi connectivity index (χ0n) is 21.5.